The van der Waals surface area contributed by atoms with Gasteiger partial charge in [0.1, 0.15) is 5.82 Å². The van der Waals surface area contributed by atoms with Crippen LogP contribution in [0.3, 0.4) is 0 Å². The molecule has 0 saturated carbocycles. The minimum Gasteiger partial charge on any atom is -0.324 e. The number of halogens is 1. The number of hydrogen-bond donors (Lipinski definition) is 1. The Labute approximate surface area is 66.0 Å². The monoisotopic (exact) mass is 153 g/mol. The molecule has 2 N–H and O–H groups in total. The Morgan fingerprint density at radius 2 is 2.09 bits per heavy atom. The maximum absolute atomic E-state index is 12.9. The van der Waals surface area contributed by atoms with E-state index in [0.717, 1.165) is 5.56 Å². The van der Waals surface area contributed by atoms with Crippen molar-refractivity contribution in [3.8, 4) is 0 Å². The maximum atomic E-state index is 12.9. The zero-order valence-corrected chi connectivity index (χ0v) is 6.76. The highest BCUT2D eigenvalue weighted by Crippen LogP contribution is 2.13. The standard InChI is InChI=1S/C9H12FN/c1-6-3-4-8(7(2)11)5-9(6)10/h3-5,7H,11H2,1-2H3/t7-/m0/s1. The fourth-order valence-corrected chi connectivity index (χ4v) is 0.892. The lowest BCUT2D eigenvalue weighted by Gasteiger charge is -2.05. The average Bonchev–Trinajstić information content (AvgIpc) is 1.94. The van der Waals surface area contributed by atoms with Crippen molar-refractivity contribution in [1.29, 1.82) is 0 Å². The van der Waals surface area contributed by atoms with Gasteiger partial charge in [-0.1, -0.05) is 12.1 Å². The van der Waals surface area contributed by atoms with Crippen LogP contribution in [0.1, 0.15) is 24.1 Å². The Balaban J connectivity index is 3.05. The van der Waals surface area contributed by atoms with Crippen LogP contribution in [0.5, 0.6) is 0 Å². The summed E-state index contributed by atoms with van der Waals surface area (Å²) in [7, 11) is 0. The lowest BCUT2D eigenvalue weighted by molar-refractivity contribution is 0.613. The van der Waals surface area contributed by atoms with Gasteiger partial charge in [0.15, 0.2) is 0 Å². The number of aryl methyl sites for hydroxylation is 1. The first kappa shape index (κ1) is 8.21. The Morgan fingerprint density at radius 1 is 1.45 bits per heavy atom. The van der Waals surface area contributed by atoms with Crippen LogP contribution in [0, 0.1) is 12.7 Å². The summed E-state index contributed by atoms with van der Waals surface area (Å²) < 4.78 is 12.9. The van der Waals surface area contributed by atoms with Crippen LogP contribution in [0.4, 0.5) is 4.39 Å². The minimum absolute atomic E-state index is 0.0925. The third-order valence-electron chi connectivity index (χ3n) is 1.72. The third kappa shape index (κ3) is 1.77. The predicted octanol–water partition coefficient (Wildman–Crippen LogP) is 2.15. The molecule has 60 valence electrons. The third-order valence-corrected chi connectivity index (χ3v) is 1.72. The molecule has 0 bridgehead atoms. The molecule has 0 radical (unpaired) electrons. The molecule has 0 spiro atoms. The van der Waals surface area contributed by atoms with Crippen molar-refractivity contribution in [3.63, 3.8) is 0 Å². The highest BCUT2D eigenvalue weighted by atomic mass is 19.1. The fourth-order valence-electron chi connectivity index (χ4n) is 0.892. The van der Waals surface area contributed by atoms with Gasteiger partial charge >= 0.3 is 0 Å². The van der Waals surface area contributed by atoms with Crippen molar-refractivity contribution in [2.75, 3.05) is 0 Å². The molecule has 0 aliphatic rings. The second-order valence-electron chi connectivity index (χ2n) is 2.80. The molecular formula is C9H12FN. The van der Waals surface area contributed by atoms with Gasteiger partial charge in [0, 0.05) is 6.04 Å². The molecular weight excluding hydrogens is 141 g/mol. The van der Waals surface area contributed by atoms with Gasteiger partial charge in [0.05, 0.1) is 0 Å². The lowest BCUT2D eigenvalue weighted by Crippen LogP contribution is -2.05. The summed E-state index contributed by atoms with van der Waals surface area (Å²) in [6.45, 7) is 3.57. The molecule has 11 heavy (non-hydrogen) atoms. The number of hydrogen-bond acceptors (Lipinski definition) is 1. The van der Waals surface area contributed by atoms with E-state index < -0.39 is 0 Å². The van der Waals surface area contributed by atoms with Crippen LogP contribution in [0.2, 0.25) is 0 Å². The summed E-state index contributed by atoms with van der Waals surface area (Å²) in [4.78, 5) is 0. The van der Waals surface area contributed by atoms with E-state index in [1.165, 1.54) is 6.07 Å². The molecule has 0 unspecified atom stereocenters. The van der Waals surface area contributed by atoms with Crippen molar-refractivity contribution >= 4 is 0 Å². The second-order valence-corrected chi connectivity index (χ2v) is 2.80. The van der Waals surface area contributed by atoms with Gasteiger partial charge in [-0.05, 0) is 31.0 Å². The van der Waals surface area contributed by atoms with Crippen molar-refractivity contribution < 1.29 is 4.39 Å². The Hall–Kier alpha value is -0.890. The molecule has 1 atom stereocenters. The molecule has 0 heterocycles. The topological polar surface area (TPSA) is 26.0 Å². The van der Waals surface area contributed by atoms with Gasteiger partial charge in [0.25, 0.3) is 0 Å². The van der Waals surface area contributed by atoms with Gasteiger partial charge in [0.2, 0.25) is 0 Å². The van der Waals surface area contributed by atoms with Gasteiger partial charge in [-0.25, -0.2) is 4.39 Å². The maximum Gasteiger partial charge on any atom is 0.126 e. The Bertz CT molecular complexity index is 256. The SMILES string of the molecule is Cc1ccc([C@H](C)N)cc1F. The van der Waals surface area contributed by atoms with E-state index in [1.54, 1.807) is 13.0 Å². The van der Waals surface area contributed by atoms with E-state index in [1.807, 2.05) is 13.0 Å². The van der Waals surface area contributed by atoms with Crippen molar-refractivity contribution in [3.05, 3.63) is 35.1 Å². The smallest absolute Gasteiger partial charge is 0.126 e. The minimum atomic E-state index is -0.181. The zero-order chi connectivity index (χ0) is 8.43. The molecule has 0 amide bonds. The molecule has 1 aromatic carbocycles. The fraction of sp³-hybridized carbons (Fsp3) is 0.333. The molecule has 0 aliphatic carbocycles. The van der Waals surface area contributed by atoms with Crippen LogP contribution in [0.25, 0.3) is 0 Å². The van der Waals surface area contributed by atoms with Gasteiger partial charge in [-0.3, -0.25) is 0 Å². The summed E-state index contributed by atoms with van der Waals surface area (Å²) >= 11 is 0. The predicted molar refractivity (Wildman–Crippen MR) is 43.7 cm³/mol. The van der Waals surface area contributed by atoms with E-state index in [0.29, 0.717) is 5.56 Å². The highest BCUT2D eigenvalue weighted by Gasteiger charge is 2.01. The van der Waals surface area contributed by atoms with Crippen molar-refractivity contribution in [1.82, 2.24) is 0 Å². The summed E-state index contributed by atoms with van der Waals surface area (Å²) in [6.07, 6.45) is 0. The highest BCUT2D eigenvalue weighted by molar-refractivity contribution is 5.24. The zero-order valence-electron chi connectivity index (χ0n) is 6.76. The number of rotatable bonds is 1. The molecule has 0 saturated heterocycles. The summed E-state index contributed by atoms with van der Waals surface area (Å²) in [5.74, 6) is -0.181. The van der Waals surface area contributed by atoms with Gasteiger partial charge in [-0.15, -0.1) is 0 Å². The van der Waals surface area contributed by atoms with E-state index in [-0.39, 0.29) is 11.9 Å². The van der Waals surface area contributed by atoms with Crippen LogP contribution < -0.4 is 5.73 Å². The molecule has 0 aromatic heterocycles. The van der Waals surface area contributed by atoms with Gasteiger partial charge in [-0.2, -0.15) is 0 Å². The Kier molecular flexibility index (Phi) is 2.25. The van der Waals surface area contributed by atoms with Gasteiger partial charge < -0.3 is 5.73 Å². The molecule has 2 heteroatoms. The average molecular weight is 153 g/mol. The van der Waals surface area contributed by atoms with Crippen LogP contribution >= 0.6 is 0 Å². The first-order chi connectivity index (χ1) is 5.11. The Morgan fingerprint density at radius 3 is 2.55 bits per heavy atom. The summed E-state index contributed by atoms with van der Waals surface area (Å²) in [5.41, 5.74) is 7.07. The van der Waals surface area contributed by atoms with Crippen LogP contribution in [-0.4, -0.2) is 0 Å². The van der Waals surface area contributed by atoms with E-state index in [9.17, 15) is 4.39 Å². The molecule has 0 fully saturated rings. The summed E-state index contributed by atoms with van der Waals surface area (Å²) in [5, 5.41) is 0. The largest absolute Gasteiger partial charge is 0.324 e. The van der Waals surface area contributed by atoms with Crippen molar-refractivity contribution in [2.45, 2.75) is 19.9 Å². The number of nitrogens with two attached hydrogens (primary N) is 1. The number of benzene rings is 1. The molecule has 1 nitrogen and oxygen atoms in total. The van der Waals surface area contributed by atoms with E-state index in [2.05, 4.69) is 0 Å². The molecule has 1 aromatic rings. The molecule has 1 rings (SSSR count). The first-order valence-electron chi connectivity index (χ1n) is 3.63. The van der Waals surface area contributed by atoms with E-state index in [4.69, 9.17) is 5.73 Å². The lowest BCUT2D eigenvalue weighted by atomic mass is 10.1. The van der Waals surface area contributed by atoms with Crippen LogP contribution in [0.15, 0.2) is 18.2 Å². The second kappa shape index (κ2) is 3.01. The van der Waals surface area contributed by atoms with Crippen molar-refractivity contribution in [2.24, 2.45) is 5.73 Å². The normalized spacial score (nSPS) is 13.1. The summed E-state index contributed by atoms with van der Waals surface area (Å²) in [6, 6.07) is 4.99. The first-order valence-corrected chi connectivity index (χ1v) is 3.63. The van der Waals surface area contributed by atoms with Crippen LogP contribution in [-0.2, 0) is 0 Å². The quantitative estimate of drug-likeness (QED) is 0.657. The molecule has 0 aliphatic heterocycles. The van der Waals surface area contributed by atoms with E-state index >= 15 is 0 Å².